The van der Waals surface area contributed by atoms with Crippen LogP contribution in [0, 0.1) is 0 Å². The van der Waals surface area contributed by atoms with Gasteiger partial charge in [-0.15, -0.1) is 11.8 Å². The van der Waals surface area contributed by atoms with E-state index in [1.54, 1.807) is 121 Å². The van der Waals surface area contributed by atoms with Crippen molar-refractivity contribution in [1.29, 1.82) is 0 Å². The number of hydrogen-bond donors (Lipinski definition) is 0. The third kappa shape index (κ3) is 8.87. The quantitative estimate of drug-likeness (QED) is 0.133. The Bertz CT molecular complexity index is 1630. The molecule has 10 heteroatoms. The molecule has 0 saturated carbocycles. The molecule has 0 amide bonds. The van der Waals surface area contributed by atoms with Gasteiger partial charge < -0.3 is 23.7 Å². The van der Waals surface area contributed by atoms with Crippen LogP contribution in [0.15, 0.2) is 121 Å². The first-order valence-electron chi connectivity index (χ1n) is 15.1. The Hall–Kier alpha value is -4.93. The fourth-order valence-corrected chi connectivity index (χ4v) is 6.01. The standard InChI is InChI=1S/C37H34O9S/c1-24(2)47-37-32(46-36(41)28-21-13-6-14-22-28)31(45-35(40)27-19-11-5-12-20-27)30(44-34(39)26-17-9-4-10-18-26)29(43-37)23-42-33(38)25-15-7-3-8-16-25/h3-22,24,29-32,37H,23H2,1-2H3/t29-,30-,31+,32-,37+/m1/s1. The Labute approximate surface area is 277 Å². The lowest BCUT2D eigenvalue weighted by Crippen LogP contribution is -2.62. The first-order chi connectivity index (χ1) is 22.8. The van der Waals surface area contributed by atoms with E-state index in [-0.39, 0.29) is 28.5 Å². The number of carbonyl (C=O) groups is 4. The van der Waals surface area contributed by atoms with Crippen LogP contribution in [-0.2, 0) is 23.7 Å². The molecule has 1 saturated heterocycles. The number of carbonyl (C=O) groups excluding carboxylic acids is 4. The summed E-state index contributed by atoms with van der Waals surface area (Å²) in [6.45, 7) is 3.51. The van der Waals surface area contributed by atoms with Gasteiger partial charge in [-0.25, -0.2) is 19.2 Å². The summed E-state index contributed by atoms with van der Waals surface area (Å²) in [5.41, 5.74) is 0.155. The molecule has 4 aromatic rings. The van der Waals surface area contributed by atoms with Gasteiger partial charge in [-0.2, -0.15) is 0 Å². The van der Waals surface area contributed by atoms with E-state index in [1.807, 2.05) is 13.8 Å². The van der Waals surface area contributed by atoms with E-state index in [9.17, 15) is 19.2 Å². The SMILES string of the molecule is CC(C)S[C@@H]1O[C@H](COC(=O)c2ccccc2)[C@@H](OC(=O)c2ccccc2)[C@H](OC(=O)c2ccccc2)[C@H]1OC(=O)c1ccccc1. The van der Waals surface area contributed by atoms with Crippen LogP contribution in [0.2, 0.25) is 0 Å². The third-order valence-electron chi connectivity index (χ3n) is 7.14. The fourth-order valence-electron chi connectivity index (χ4n) is 4.91. The summed E-state index contributed by atoms with van der Waals surface area (Å²) in [6.07, 6.45) is -5.03. The average molecular weight is 655 g/mol. The first-order valence-corrected chi connectivity index (χ1v) is 16.1. The fraction of sp³-hybridized carbons (Fsp3) is 0.243. The molecule has 1 aliphatic rings. The lowest BCUT2D eigenvalue weighted by atomic mass is 9.98. The Morgan fingerprint density at radius 3 is 1.32 bits per heavy atom. The molecule has 4 aromatic carbocycles. The molecule has 1 aliphatic heterocycles. The molecule has 0 unspecified atom stereocenters. The van der Waals surface area contributed by atoms with E-state index in [0.717, 1.165) is 0 Å². The second-order valence-electron chi connectivity index (χ2n) is 10.9. The van der Waals surface area contributed by atoms with Crippen LogP contribution in [0.3, 0.4) is 0 Å². The maximum atomic E-state index is 13.6. The molecule has 9 nitrogen and oxygen atoms in total. The van der Waals surface area contributed by atoms with Crippen molar-refractivity contribution in [2.75, 3.05) is 6.61 Å². The Morgan fingerprint density at radius 1 is 0.553 bits per heavy atom. The van der Waals surface area contributed by atoms with Crippen molar-refractivity contribution in [3.63, 3.8) is 0 Å². The van der Waals surface area contributed by atoms with Gasteiger partial charge in [0.1, 0.15) is 18.1 Å². The smallest absolute Gasteiger partial charge is 0.338 e. The topological polar surface area (TPSA) is 114 Å². The van der Waals surface area contributed by atoms with Crippen molar-refractivity contribution in [1.82, 2.24) is 0 Å². The molecule has 0 spiro atoms. The number of esters is 4. The molecule has 1 fully saturated rings. The molecule has 0 aromatic heterocycles. The second-order valence-corrected chi connectivity index (χ2v) is 12.6. The summed E-state index contributed by atoms with van der Waals surface area (Å²) in [5, 5.41) is -0.0284. The molecule has 242 valence electrons. The summed E-state index contributed by atoms with van der Waals surface area (Å²) in [4.78, 5) is 53.5. The van der Waals surface area contributed by atoms with E-state index >= 15 is 0 Å². The van der Waals surface area contributed by atoms with Crippen LogP contribution >= 0.6 is 11.8 Å². The Morgan fingerprint density at radius 2 is 0.915 bits per heavy atom. The molecule has 0 bridgehead atoms. The zero-order valence-electron chi connectivity index (χ0n) is 25.8. The minimum atomic E-state index is -1.35. The third-order valence-corrected chi connectivity index (χ3v) is 8.34. The number of hydrogen-bond acceptors (Lipinski definition) is 10. The number of benzene rings is 4. The number of thioether (sulfide) groups is 1. The highest BCUT2D eigenvalue weighted by atomic mass is 32.2. The van der Waals surface area contributed by atoms with Crippen molar-refractivity contribution in [2.45, 2.75) is 48.9 Å². The summed E-state index contributed by atoms with van der Waals surface area (Å²) >= 11 is 1.33. The zero-order valence-corrected chi connectivity index (χ0v) is 26.6. The molecule has 1 heterocycles. The van der Waals surface area contributed by atoms with Crippen LogP contribution in [0.1, 0.15) is 55.3 Å². The van der Waals surface area contributed by atoms with Crippen LogP contribution < -0.4 is 0 Å². The minimum absolute atomic E-state index is 0.0284. The lowest BCUT2D eigenvalue weighted by molar-refractivity contribution is -0.207. The van der Waals surface area contributed by atoms with E-state index in [1.165, 1.54) is 11.8 Å². The molecule has 5 atom stereocenters. The molecular formula is C37H34O9S. The summed E-state index contributed by atoms with van der Waals surface area (Å²) in [6, 6.07) is 33.3. The van der Waals surface area contributed by atoms with Gasteiger partial charge >= 0.3 is 23.9 Å². The van der Waals surface area contributed by atoms with Gasteiger partial charge in [0.15, 0.2) is 18.3 Å². The van der Waals surface area contributed by atoms with Gasteiger partial charge in [0.25, 0.3) is 0 Å². The first kappa shape index (κ1) is 33.4. The normalized spacial score (nSPS) is 20.5. The monoisotopic (exact) mass is 654 g/mol. The molecule has 47 heavy (non-hydrogen) atoms. The maximum Gasteiger partial charge on any atom is 0.338 e. The van der Waals surface area contributed by atoms with Crippen LogP contribution in [-0.4, -0.2) is 65.6 Å². The highest BCUT2D eigenvalue weighted by Gasteiger charge is 2.53. The maximum absolute atomic E-state index is 13.6. The van der Waals surface area contributed by atoms with Crippen LogP contribution in [0.4, 0.5) is 0 Å². The van der Waals surface area contributed by atoms with Gasteiger partial charge in [0, 0.05) is 5.25 Å². The Balaban J connectivity index is 1.54. The van der Waals surface area contributed by atoms with Crippen molar-refractivity contribution in [3.8, 4) is 0 Å². The molecule has 5 rings (SSSR count). The van der Waals surface area contributed by atoms with E-state index < -0.39 is 53.7 Å². The van der Waals surface area contributed by atoms with Gasteiger partial charge in [0.05, 0.1) is 22.3 Å². The summed E-state index contributed by atoms with van der Waals surface area (Å²) in [5.74, 6) is -2.77. The average Bonchev–Trinajstić information content (AvgIpc) is 3.10. The lowest BCUT2D eigenvalue weighted by Gasteiger charge is -2.44. The Kier molecular flexibility index (Phi) is 11.4. The van der Waals surface area contributed by atoms with Crippen molar-refractivity contribution < 1.29 is 42.9 Å². The van der Waals surface area contributed by atoms with Crippen LogP contribution in [0.5, 0.6) is 0 Å². The second kappa shape index (κ2) is 16.1. The zero-order chi connectivity index (χ0) is 33.2. The highest BCUT2D eigenvalue weighted by molar-refractivity contribution is 8.00. The van der Waals surface area contributed by atoms with Crippen molar-refractivity contribution >= 4 is 35.6 Å². The molecule has 0 radical (unpaired) electrons. The van der Waals surface area contributed by atoms with E-state index in [4.69, 9.17) is 23.7 Å². The largest absolute Gasteiger partial charge is 0.459 e. The summed E-state index contributed by atoms with van der Waals surface area (Å²) in [7, 11) is 0. The number of rotatable bonds is 11. The number of ether oxygens (including phenoxy) is 5. The van der Waals surface area contributed by atoms with Gasteiger partial charge in [-0.3, -0.25) is 0 Å². The van der Waals surface area contributed by atoms with Gasteiger partial charge in [0.2, 0.25) is 0 Å². The van der Waals surface area contributed by atoms with E-state index in [2.05, 4.69) is 0 Å². The van der Waals surface area contributed by atoms with Crippen molar-refractivity contribution in [2.24, 2.45) is 0 Å². The van der Waals surface area contributed by atoms with Crippen LogP contribution in [0.25, 0.3) is 0 Å². The predicted molar refractivity (Wildman–Crippen MR) is 175 cm³/mol. The van der Waals surface area contributed by atoms with Crippen molar-refractivity contribution in [3.05, 3.63) is 144 Å². The molecular weight excluding hydrogens is 620 g/mol. The summed E-state index contributed by atoms with van der Waals surface area (Å²) < 4.78 is 30.2. The van der Waals surface area contributed by atoms with Gasteiger partial charge in [-0.1, -0.05) is 86.6 Å². The molecule has 0 N–H and O–H groups in total. The predicted octanol–water partition coefficient (Wildman–Crippen LogP) is 6.39. The highest BCUT2D eigenvalue weighted by Crippen LogP contribution is 2.37. The minimum Gasteiger partial charge on any atom is -0.459 e. The van der Waals surface area contributed by atoms with Gasteiger partial charge in [-0.05, 0) is 48.5 Å². The van der Waals surface area contributed by atoms with E-state index in [0.29, 0.717) is 5.56 Å². The molecule has 0 aliphatic carbocycles.